The van der Waals surface area contributed by atoms with E-state index in [-0.39, 0.29) is 24.0 Å². The van der Waals surface area contributed by atoms with Gasteiger partial charge in [0.15, 0.2) is 5.96 Å². The number of alkyl carbamates (subject to hydrolysis) is 1. The van der Waals surface area contributed by atoms with Gasteiger partial charge in [0.2, 0.25) is 0 Å². The lowest BCUT2D eigenvalue weighted by Gasteiger charge is -2.29. The van der Waals surface area contributed by atoms with Crippen LogP contribution in [-0.2, 0) is 4.74 Å². The van der Waals surface area contributed by atoms with E-state index in [1.54, 1.807) is 18.8 Å². The standard InChI is InChI=1S/C14H30N4O2S.HI/c1-13(2,3)20-12(19)18-14(4,5)10-17-11(15-6)16-8-9-21-7;/h8-10H2,1-7H3,(H,18,19)(H2,15,16,17);1H. The maximum atomic E-state index is 11.8. The highest BCUT2D eigenvalue weighted by Crippen LogP contribution is 2.09. The van der Waals surface area contributed by atoms with Crippen LogP contribution in [0.4, 0.5) is 4.79 Å². The van der Waals surface area contributed by atoms with Crippen LogP contribution < -0.4 is 16.0 Å². The second-order valence-electron chi connectivity index (χ2n) is 6.36. The van der Waals surface area contributed by atoms with E-state index in [0.29, 0.717) is 6.54 Å². The molecule has 3 N–H and O–H groups in total. The van der Waals surface area contributed by atoms with Gasteiger partial charge < -0.3 is 20.7 Å². The number of amides is 1. The Morgan fingerprint density at radius 1 is 1.18 bits per heavy atom. The van der Waals surface area contributed by atoms with Crippen molar-refractivity contribution in [3.63, 3.8) is 0 Å². The van der Waals surface area contributed by atoms with E-state index in [4.69, 9.17) is 4.74 Å². The van der Waals surface area contributed by atoms with Gasteiger partial charge in [-0.2, -0.15) is 11.8 Å². The third-order valence-electron chi connectivity index (χ3n) is 2.36. The molecule has 0 aromatic heterocycles. The lowest BCUT2D eigenvalue weighted by atomic mass is 10.1. The minimum absolute atomic E-state index is 0. The molecule has 6 nitrogen and oxygen atoms in total. The molecule has 0 aromatic carbocycles. The summed E-state index contributed by atoms with van der Waals surface area (Å²) < 4.78 is 5.26. The van der Waals surface area contributed by atoms with E-state index in [2.05, 4.69) is 27.2 Å². The average Bonchev–Trinajstić information content (AvgIpc) is 2.30. The molecule has 0 spiro atoms. The van der Waals surface area contributed by atoms with Gasteiger partial charge in [-0.05, 0) is 40.9 Å². The van der Waals surface area contributed by atoms with Crippen molar-refractivity contribution < 1.29 is 9.53 Å². The Morgan fingerprint density at radius 3 is 2.23 bits per heavy atom. The van der Waals surface area contributed by atoms with Crippen LogP contribution in [0, 0.1) is 0 Å². The number of halogens is 1. The van der Waals surface area contributed by atoms with E-state index in [1.165, 1.54) is 0 Å². The third-order valence-corrected chi connectivity index (χ3v) is 2.97. The predicted octanol–water partition coefficient (Wildman–Crippen LogP) is 2.44. The molecule has 0 saturated carbocycles. The summed E-state index contributed by atoms with van der Waals surface area (Å²) in [5.74, 6) is 1.74. The predicted molar refractivity (Wildman–Crippen MR) is 107 cm³/mol. The van der Waals surface area contributed by atoms with Gasteiger partial charge in [0.1, 0.15) is 5.60 Å². The van der Waals surface area contributed by atoms with Crippen LogP contribution in [0.25, 0.3) is 0 Å². The van der Waals surface area contributed by atoms with Crippen molar-refractivity contribution in [2.24, 2.45) is 4.99 Å². The molecule has 22 heavy (non-hydrogen) atoms. The number of nitrogens with zero attached hydrogens (tertiary/aromatic N) is 1. The monoisotopic (exact) mass is 446 g/mol. The summed E-state index contributed by atoms with van der Waals surface area (Å²) in [7, 11) is 1.72. The Kier molecular flexibility index (Phi) is 12.2. The van der Waals surface area contributed by atoms with Crippen LogP contribution in [0.2, 0.25) is 0 Å². The van der Waals surface area contributed by atoms with E-state index < -0.39 is 17.2 Å². The minimum Gasteiger partial charge on any atom is -0.444 e. The van der Waals surface area contributed by atoms with E-state index in [0.717, 1.165) is 18.3 Å². The topological polar surface area (TPSA) is 74.8 Å². The number of rotatable bonds is 6. The number of thioether (sulfide) groups is 1. The van der Waals surface area contributed by atoms with Crippen LogP contribution in [0.5, 0.6) is 0 Å². The fraction of sp³-hybridized carbons (Fsp3) is 0.857. The molecule has 0 rings (SSSR count). The molecule has 0 aliphatic heterocycles. The van der Waals surface area contributed by atoms with Crippen molar-refractivity contribution in [1.82, 2.24) is 16.0 Å². The number of ether oxygens (including phenoxy) is 1. The van der Waals surface area contributed by atoms with Crippen molar-refractivity contribution in [2.75, 3.05) is 32.1 Å². The molecule has 132 valence electrons. The zero-order valence-electron chi connectivity index (χ0n) is 14.7. The summed E-state index contributed by atoms with van der Waals surface area (Å²) in [5, 5.41) is 9.25. The summed E-state index contributed by atoms with van der Waals surface area (Å²) in [6.45, 7) is 10.8. The quantitative estimate of drug-likeness (QED) is 0.253. The zero-order chi connectivity index (χ0) is 16.5. The second kappa shape index (κ2) is 11.2. The molecular weight excluding hydrogens is 415 g/mol. The first-order valence-corrected chi connectivity index (χ1v) is 8.43. The Hall–Kier alpha value is -0.380. The summed E-state index contributed by atoms with van der Waals surface area (Å²) in [4.78, 5) is 15.9. The fourth-order valence-corrected chi connectivity index (χ4v) is 1.73. The molecule has 0 atom stereocenters. The van der Waals surface area contributed by atoms with Gasteiger partial charge in [-0.1, -0.05) is 0 Å². The number of carbonyl (C=O) groups is 1. The Labute approximate surface area is 156 Å². The number of hydrogen-bond donors (Lipinski definition) is 3. The molecule has 0 aromatic rings. The molecule has 0 radical (unpaired) electrons. The van der Waals surface area contributed by atoms with Crippen LogP contribution in [0.15, 0.2) is 4.99 Å². The highest BCUT2D eigenvalue weighted by atomic mass is 127. The van der Waals surface area contributed by atoms with Gasteiger partial charge in [-0.3, -0.25) is 4.99 Å². The van der Waals surface area contributed by atoms with Crippen molar-refractivity contribution in [3.8, 4) is 0 Å². The Balaban J connectivity index is 0. The first-order chi connectivity index (χ1) is 9.59. The lowest BCUT2D eigenvalue weighted by Crippen LogP contribution is -2.54. The summed E-state index contributed by atoms with van der Waals surface area (Å²) >= 11 is 1.77. The summed E-state index contributed by atoms with van der Waals surface area (Å²) in [5.41, 5.74) is -0.942. The molecule has 0 aliphatic carbocycles. The van der Waals surface area contributed by atoms with Crippen LogP contribution in [0.3, 0.4) is 0 Å². The number of nitrogens with one attached hydrogen (secondary N) is 3. The summed E-state index contributed by atoms with van der Waals surface area (Å²) in [6.07, 6.45) is 1.64. The van der Waals surface area contributed by atoms with Crippen LogP contribution in [-0.4, -0.2) is 55.3 Å². The maximum Gasteiger partial charge on any atom is 0.408 e. The highest BCUT2D eigenvalue weighted by Gasteiger charge is 2.24. The molecule has 0 bridgehead atoms. The Bertz CT molecular complexity index is 357. The first kappa shape index (κ1) is 23.9. The van der Waals surface area contributed by atoms with E-state index in [9.17, 15) is 4.79 Å². The average molecular weight is 446 g/mol. The van der Waals surface area contributed by atoms with Crippen molar-refractivity contribution >= 4 is 47.8 Å². The molecule has 1 amide bonds. The molecule has 8 heteroatoms. The number of hydrogen-bond acceptors (Lipinski definition) is 4. The van der Waals surface area contributed by atoms with Gasteiger partial charge in [-0.25, -0.2) is 4.79 Å². The van der Waals surface area contributed by atoms with Crippen molar-refractivity contribution in [3.05, 3.63) is 0 Å². The van der Waals surface area contributed by atoms with Gasteiger partial charge in [0, 0.05) is 25.9 Å². The lowest BCUT2D eigenvalue weighted by molar-refractivity contribution is 0.0474. The molecule has 0 heterocycles. The molecule has 0 unspecified atom stereocenters. The Morgan fingerprint density at radius 2 is 1.77 bits per heavy atom. The normalized spacial score (nSPS) is 12.2. The second-order valence-corrected chi connectivity index (χ2v) is 7.34. The molecule has 0 aliphatic rings. The number of guanidine groups is 1. The molecular formula is C14H31IN4O2S. The zero-order valence-corrected chi connectivity index (χ0v) is 17.8. The van der Waals surface area contributed by atoms with Gasteiger partial charge in [0.25, 0.3) is 0 Å². The number of carbonyl (C=O) groups excluding carboxylic acids is 1. The highest BCUT2D eigenvalue weighted by molar-refractivity contribution is 14.0. The van der Waals surface area contributed by atoms with E-state index >= 15 is 0 Å². The minimum atomic E-state index is -0.497. The van der Waals surface area contributed by atoms with Gasteiger partial charge in [0.05, 0.1) is 5.54 Å². The number of aliphatic imine (C=N–C) groups is 1. The molecule has 0 saturated heterocycles. The van der Waals surface area contributed by atoms with Gasteiger partial charge in [-0.15, -0.1) is 24.0 Å². The van der Waals surface area contributed by atoms with E-state index in [1.807, 2.05) is 34.6 Å². The fourth-order valence-electron chi connectivity index (χ4n) is 1.42. The van der Waals surface area contributed by atoms with Crippen molar-refractivity contribution in [2.45, 2.75) is 45.8 Å². The molecule has 0 fully saturated rings. The third kappa shape index (κ3) is 13.3. The summed E-state index contributed by atoms with van der Waals surface area (Å²) in [6, 6.07) is 0. The maximum absolute atomic E-state index is 11.8. The first-order valence-electron chi connectivity index (χ1n) is 7.04. The smallest absolute Gasteiger partial charge is 0.408 e. The van der Waals surface area contributed by atoms with Crippen molar-refractivity contribution in [1.29, 1.82) is 0 Å². The van der Waals surface area contributed by atoms with Gasteiger partial charge >= 0.3 is 6.09 Å². The van der Waals surface area contributed by atoms with Crippen LogP contribution >= 0.6 is 35.7 Å². The SMILES string of the molecule is CN=C(NCCSC)NCC(C)(C)NC(=O)OC(C)(C)C.I. The largest absolute Gasteiger partial charge is 0.444 e. The van der Waals surface area contributed by atoms with Crippen LogP contribution in [0.1, 0.15) is 34.6 Å².